The van der Waals surface area contributed by atoms with Crippen molar-refractivity contribution in [1.82, 2.24) is 34.3 Å². The number of nitrogens with one attached hydrogen (secondary N) is 2. The van der Waals surface area contributed by atoms with Crippen LogP contribution in [0, 0.1) is 11.7 Å². The summed E-state index contributed by atoms with van der Waals surface area (Å²) < 4.78 is 38.6. The summed E-state index contributed by atoms with van der Waals surface area (Å²) in [4.78, 5) is 22.6. The number of ether oxygens (including phenoxy) is 1. The van der Waals surface area contributed by atoms with Gasteiger partial charge in [0, 0.05) is 44.9 Å². The summed E-state index contributed by atoms with van der Waals surface area (Å²) in [6, 6.07) is 2.79. The third kappa shape index (κ3) is 5.36. The van der Waals surface area contributed by atoms with Gasteiger partial charge in [0.05, 0.1) is 46.9 Å². The van der Waals surface area contributed by atoms with E-state index in [2.05, 4.69) is 50.2 Å². The average molecular weight is 614 g/mol. The smallest absolute Gasteiger partial charge is 0.231 e. The fourth-order valence-electron chi connectivity index (χ4n) is 4.76. The van der Waals surface area contributed by atoms with Crippen LogP contribution in [-0.4, -0.2) is 68.2 Å². The van der Waals surface area contributed by atoms with Gasteiger partial charge in [-0.05, 0) is 12.5 Å². The molecule has 4 heterocycles. The normalized spacial score (nSPS) is 16.8. The van der Waals surface area contributed by atoms with Crippen LogP contribution in [0.5, 0.6) is 0 Å². The Morgan fingerprint density at radius 2 is 2.10 bits per heavy atom. The second kappa shape index (κ2) is 10.7. The second-order valence-corrected chi connectivity index (χ2v) is 17.6. The lowest BCUT2D eigenvalue weighted by Crippen LogP contribution is -2.23. The molecule has 11 nitrogen and oxygen atoms in total. The highest BCUT2D eigenvalue weighted by Gasteiger charge is 2.43. The summed E-state index contributed by atoms with van der Waals surface area (Å²) in [5.74, 6) is -0.841. The van der Waals surface area contributed by atoms with Crippen molar-refractivity contribution in [2.24, 2.45) is 5.92 Å². The second-order valence-electron chi connectivity index (χ2n) is 11.6. The maximum atomic E-state index is 16.1. The Balaban J connectivity index is 1.31. The number of alkyl halides is 1. The molecule has 5 aromatic rings. The Bertz CT molecular complexity index is 1800. The maximum absolute atomic E-state index is 16.1. The summed E-state index contributed by atoms with van der Waals surface area (Å²) in [6.07, 6.45) is 7.01. The van der Waals surface area contributed by atoms with E-state index in [1.807, 2.05) is 0 Å². The molecule has 0 bridgehead atoms. The molecule has 2 atom stereocenters. The van der Waals surface area contributed by atoms with Gasteiger partial charge in [0.15, 0.2) is 17.3 Å². The SMILES string of the molecule is CN(c1c(F)c(Cl)c(-c2cn3cc(NC(=O)[C@@H]4C[C@@H]4F)nc3cn2)c2cn[nH]c12)c1ccnn1COCC[Si](C)(C)C. The van der Waals surface area contributed by atoms with Crippen LogP contribution in [-0.2, 0) is 16.3 Å². The number of hydrogen-bond acceptors (Lipinski definition) is 7. The van der Waals surface area contributed by atoms with Gasteiger partial charge in [-0.3, -0.25) is 14.9 Å². The molecule has 1 aliphatic carbocycles. The van der Waals surface area contributed by atoms with Crippen molar-refractivity contribution in [3.8, 4) is 11.3 Å². The molecular formula is C27H30ClF2N9O2Si. The number of carbonyl (C=O) groups is 1. The fraction of sp³-hybridized carbons (Fsp3) is 0.370. The van der Waals surface area contributed by atoms with E-state index < -0.39 is 31.9 Å². The molecule has 6 rings (SSSR count). The first-order valence-corrected chi connectivity index (χ1v) is 17.6. The number of aromatic nitrogens is 7. The molecule has 0 spiro atoms. The molecule has 220 valence electrons. The molecule has 1 saturated carbocycles. The molecule has 2 N–H and O–H groups in total. The quantitative estimate of drug-likeness (QED) is 0.155. The van der Waals surface area contributed by atoms with Crippen LogP contribution in [0.25, 0.3) is 27.8 Å². The fourth-order valence-corrected chi connectivity index (χ4v) is 5.80. The van der Waals surface area contributed by atoms with E-state index in [9.17, 15) is 9.18 Å². The number of fused-ring (bicyclic) bond motifs is 2. The average Bonchev–Trinajstić information content (AvgIpc) is 3.31. The molecule has 0 radical (unpaired) electrons. The number of hydrogen-bond donors (Lipinski definition) is 2. The van der Waals surface area contributed by atoms with Crippen LogP contribution in [0.4, 0.5) is 26.1 Å². The van der Waals surface area contributed by atoms with Gasteiger partial charge in [-0.1, -0.05) is 31.2 Å². The van der Waals surface area contributed by atoms with Gasteiger partial charge < -0.3 is 19.4 Å². The van der Waals surface area contributed by atoms with Crippen molar-refractivity contribution in [3.05, 3.63) is 47.9 Å². The van der Waals surface area contributed by atoms with E-state index in [-0.39, 0.29) is 29.7 Å². The minimum Gasteiger partial charge on any atom is -0.359 e. The van der Waals surface area contributed by atoms with Crippen molar-refractivity contribution in [2.75, 3.05) is 23.9 Å². The van der Waals surface area contributed by atoms with E-state index in [0.29, 0.717) is 40.2 Å². The number of H-pyrrole nitrogens is 1. The summed E-state index contributed by atoms with van der Waals surface area (Å²) >= 11 is 6.70. The van der Waals surface area contributed by atoms with Gasteiger partial charge in [0.2, 0.25) is 5.91 Å². The number of benzene rings is 1. The molecule has 1 fully saturated rings. The third-order valence-electron chi connectivity index (χ3n) is 7.25. The lowest BCUT2D eigenvalue weighted by Gasteiger charge is -2.23. The molecule has 1 aliphatic rings. The largest absolute Gasteiger partial charge is 0.359 e. The summed E-state index contributed by atoms with van der Waals surface area (Å²) in [6.45, 7) is 7.71. The van der Waals surface area contributed by atoms with Crippen LogP contribution in [0.15, 0.2) is 37.1 Å². The first-order valence-electron chi connectivity index (χ1n) is 13.5. The maximum Gasteiger partial charge on any atom is 0.231 e. The molecular weight excluding hydrogens is 584 g/mol. The van der Waals surface area contributed by atoms with Gasteiger partial charge in [-0.25, -0.2) is 18.4 Å². The van der Waals surface area contributed by atoms with Gasteiger partial charge in [0.1, 0.15) is 24.4 Å². The molecule has 42 heavy (non-hydrogen) atoms. The number of amides is 1. The molecule has 0 unspecified atom stereocenters. The minimum atomic E-state index is -1.24. The predicted octanol–water partition coefficient (Wildman–Crippen LogP) is 5.64. The highest BCUT2D eigenvalue weighted by Crippen LogP contribution is 2.43. The van der Waals surface area contributed by atoms with Gasteiger partial charge in [-0.2, -0.15) is 10.2 Å². The van der Waals surface area contributed by atoms with Crippen LogP contribution in [0.3, 0.4) is 0 Å². The number of rotatable bonds is 10. The minimum absolute atomic E-state index is 0.133. The number of carbonyl (C=O) groups excluding carboxylic acids is 1. The molecule has 1 amide bonds. The zero-order valence-corrected chi connectivity index (χ0v) is 25.3. The number of aromatic amines is 1. The van der Waals surface area contributed by atoms with E-state index >= 15 is 4.39 Å². The molecule has 15 heteroatoms. The zero-order chi connectivity index (χ0) is 29.8. The summed E-state index contributed by atoms with van der Waals surface area (Å²) in [7, 11) is 0.483. The van der Waals surface area contributed by atoms with Crippen LogP contribution in [0.1, 0.15) is 6.42 Å². The van der Waals surface area contributed by atoms with Crippen LogP contribution < -0.4 is 10.2 Å². The molecule has 4 aromatic heterocycles. The first-order chi connectivity index (χ1) is 20.0. The Hall–Kier alpha value is -3.88. The molecule has 0 saturated heterocycles. The highest BCUT2D eigenvalue weighted by atomic mass is 35.5. The number of halogens is 3. The molecule has 0 aliphatic heterocycles. The van der Waals surface area contributed by atoms with Gasteiger partial charge in [0.25, 0.3) is 0 Å². The van der Waals surface area contributed by atoms with Crippen molar-refractivity contribution in [2.45, 2.75) is 45.0 Å². The van der Waals surface area contributed by atoms with Crippen molar-refractivity contribution >= 4 is 59.5 Å². The Morgan fingerprint density at radius 3 is 2.83 bits per heavy atom. The zero-order valence-electron chi connectivity index (χ0n) is 23.5. The van der Waals surface area contributed by atoms with Crippen molar-refractivity contribution in [3.63, 3.8) is 0 Å². The third-order valence-corrected chi connectivity index (χ3v) is 9.31. The van der Waals surface area contributed by atoms with Gasteiger partial charge >= 0.3 is 0 Å². The standard InChI is InChI=1S/C27H30ClF2N9O2Si/c1-37(21-5-6-33-39(21)14-41-7-8-42(2,3)4)26-24(30)23(28)22(16-10-32-36-25(16)26)18-12-38-13-19(34-20(38)11-31-18)35-27(40)15-9-17(15)29/h5-6,10-13,15,17H,7-9,14H2,1-4H3,(H,32,36)(H,35,40)/t15-,17+/m1/s1. The van der Waals surface area contributed by atoms with E-state index in [0.717, 1.165) is 6.04 Å². The monoisotopic (exact) mass is 613 g/mol. The number of anilines is 3. The number of imidazole rings is 1. The topological polar surface area (TPSA) is 118 Å². The lowest BCUT2D eigenvalue weighted by atomic mass is 10.0. The van der Waals surface area contributed by atoms with Crippen molar-refractivity contribution in [1.29, 1.82) is 0 Å². The van der Waals surface area contributed by atoms with Gasteiger partial charge in [-0.15, -0.1) is 0 Å². The van der Waals surface area contributed by atoms with Crippen molar-refractivity contribution < 1.29 is 18.3 Å². The number of nitrogens with zero attached hydrogens (tertiary/aromatic N) is 7. The van der Waals surface area contributed by atoms with Crippen LogP contribution in [0.2, 0.25) is 30.7 Å². The molecule has 1 aromatic carbocycles. The highest BCUT2D eigenvalue weighted by molar-refractivity contribution is 6.76. The van der Waals surface area contributed by atoms with E-state index in [1.165, 1.54) is 6.20 Å². The Kier molecular flexibility index (Phi) is 7.23. The van der Waals surface area contributed by atoms with Crippen LogP contribution >= 0.6 is 11.6 Å². The summed E-state index contributed by atoms with van der Waals surface area (Å²) in [5.41, 5.74) is 1.78. The lowest BCUT2D eigenvalue weighted by molar-refractivity contribution is -0.117. The summed E-state index contributed by atoms with van der Waals surface area (Å²) in [5, 5.41) is 14.5. The van der Waals surface area contributed by atoms with E-state index in [4.69, 9.17) is 16.3 Å². The van der Waals surface area contributed by atoms with E-state index in [1.54, 1.807) is 51.9 Å². The predicted molar refractivity (Wildman–Crippen MR) is 159 cm³/mol. The Morgan fingerprint density at radius 1 is 1.31 bits per heavy atom. The first kappa shape index (κ1) is 28.2. The Labute approximate surface area is 245 Å².